The Bertz CT molecular complexity index is 910. The molecular weight excluding hydrogens is 372 g/mol. The second kappa shape index (κ2) is 8.34. The second-order valence-corrected chi connectivity index (χ2v) is 7.12. The normalized spacial score (nSPS) is 16.4. The molecular formula is C22H22N2O5. The molecule has 1 aliphatic heterocycles. The van der Waals surface area contributed by atoms with Crippen LogP contribution in [0.2, 0.25) is 0 Å². The van der Waals surface area contributed by atoms with Gasteiger partial charge in [0, 0.05) is 18.2 Å². The third-order valence-electron chi connectivity index (χ3n) is 4.86. The highest BCUT2D eigenvalue weighted by molar-refractivity contribution is 5.98. The van der Waals surface area contributed by atoms with Crippen molar-refractivity contribution in [3.05, 3.63) is 60.2 Å². The number of rotatable bonds is 7. The Morgan fingerprint density at radius 1 is 1.10 bits per heavy atom. The summed E-state index contributed by atoms with van der Waals surface area (Å²) in [6.45, 7) is 0.0896. The molecule has 150 valence electrons. The van der Waals surface area contributed by atoms with Crippen molar-refractivity contribution in [2.75, 3.05) is 18.1 Å². The Labute approximate surface area is 168 Å². The van der Waals surface area contributed by atoms with Gasteiger partial charge in [-0.05, 0) is 25.0 Å². The highest BCUT2D eigenvalue weighted by Crippen LogP contribution is 2.31. The number of nitrogens with zero attached hydrogens (tertiary/aromatic N) is 1. The highest BCUT2D eigenvalue weighted by atomic mass is 16.5. The quantitative estimate of drug-likeness (QED) is 0.729. The van der Waals surface area contributed by atoms with Crippen molar-refractivity contribution in [1.29, 1.82) is 0 Å². The van der Waals surface area contributed by atoms with Gasteiger partial charge in [0.1, 0.15) is 5.75 Å². The Morgan fingerprint density at radius 3 is 2.59 bits per heavy atom. The average Bonchev–Trinajstić information content (AvgIpc) is 3.56. The van der Waals surface area contributed by atoms with Gasteiger partial charge in [-0.15, -0.1) is 0 Å². The predicted molar refractivity (Wildman–Crippen MR) is 105 cm³/mol. The van der Waals surface area contributed by atoms with Gasteiger partial charge in [-0.3, -0.25) is 14.4 Å². The Morgan fingerprint density at radius 2 is 1.83 bits per heavy atom. The molecule has 1 saturated carbocycles. The summed E-state index contributed by atoms with van der Waals surface area (Å²) in [6, 6.07) is 16.3. The maximum Gasteiger partial charge on any atom is 0.308 e. The summed E-state index contributed by atoms with van der Waals surface area (Å²) in [6.07, 6.45) is 0.858. The minimum Gasteiger partial charge on any atom is -0.482 e. The van der Waals surface area contributed by atoms with Crippen LogP contribution in [-0.4, -0.2) is 37.0 Å². The molecule has 1 atom stereocenters. The van der Waals surface area contributed by atoms with Crippen molar-refractivity contribution in [2.24, 2.45) is 0 Å². The van der Waals surface area contributed by atoms with E-state index in [2.05, 4.69) is 5.32 Å². The number of hydrogen-bond donors (Lipinski definition) is 1. The fourth-order valence-corrected chi connectivity index (χ4v) is 3.20. The van der Waals surface area contributed by atoms with Crippen LogP contribution in [0.15, 0.2) is 54.6 Å². The van der Waals surface area contributed by atoms with Crippen LogP contribution < -0.4 is 15.0 Å². The van der Waals surface area contributed by atoms with Crippen LogP contribution in [0.3, 0.4) is 0 Å². The SMILES string of the molecule is O=C(CCN1C(=O)COc2ccccc21)O[C@@H](C(=O)NC1CC1)c1ccccc1. The Balaban J connectivity index is 1.42. The van der Waals surface area contributed by atoms with Gasteiger partial charge in [0.25, 0.3) is 11.8 Å². The molecule has 2 aromatic rings. The summed E-state index contributed by atoms with van der Waals surface area (Å²) in [4.78, 5) is 38.9. The number of carbonyl (C=O) groups is 3. The van der Waals surface area contributed by atoms with Crippen molar-refractivity contribution < 1.29 is 23.9 Å². The van der Waals surface area contributed by atoms with E-state index in [0.29, 0.717) is 17.0 Å². The van der Waals surface area contributed by atoms with Crippen LogP contribution in [0.5, 0.6) is 5.75 Å². The molecule has 29 heavy (non-hydrogen) atoms. The molecule has 7 heteroatoms. The van der Waals surface area contributed by atoms with Crippen molar-refractivity contribution in [1.82, 2.24) is 5.32 Å². The van der Waals surface area contributed by atoms with E-state index in [4.69, 9.17) is 9.47 Å². The lowest BCUT2D eigenvalue weighted by molar-refractivity contribution is -0.156. The number of fused-ring (bicyclic) bond motifs is 1. The van der Waals surface area contributed by atoms with E-state index in [0.717, 1.165) is 12.8 Å². The van der Waals surface area contributed by atoms with Crippen LogP contribution in [0, 0.1) is 0 Å². The van der Waals surface area contributed by atoms with Gasteiger partial charge < -0.3 is 19.7 Å². The van der Waals surface area contributed by atoms with Gasteiger partial charge >= 0.3 is 5.97 Å². The third kappa shape index (κ3) is 4.56. The summed E-state index contributed by atoms with van der Waals surface area (Å²) in [5, 5.41) is 2.89. The first-order valence-corrected chi connectivity index (χ1v) is 9.69. The predicted octanol–water partition coefficient (Wildman–Crippen LogP) is 2.37. The van der Waals surface area contributed by atoms with Gasteiger partial charge in [0.2, 0.25) is 6.10 Å². The van der Waals surface area contributed by atoms with E-state index < -0.39 is 12.1 Å². The molecule has 4 rings (SSSR count). The van der Waals surface area contributed by atoms with Crippen LogP contribution >= 0.6 is 0 Å². The van der Waals surface area contributed by atoms with Crippen molar-refractivity contribution >= 4 is 23.5 Å². The molecule has 0 radical (unpaired) electrons. The molecule has 1 fully saturated rings. The molecule has 0 aromatic heterocycles. The Kier molecular flexibility index (Phi) is 5.46. The lowest BCUT2D eigenvalue weighted by atomic mass is 10.1. The van der Waals surface area contributed by atoms with Gasteiger partial charge in [-0.25, -0.2) is 0 Å². The number of anilines is 1. The summed E-state index contributed by atoms with van der Waals surface area (Å²) in [5.74, 6) is -0.476. The van der Waals surface area contributed by atoms with Gasteiger partial charge in [0.15, 0.2) is 6.61 Å². The minimum atomic E-state index is -1.00. The fraction of sp³-hybridized carbons (Fsp3) is 0.318. The van der Waals surface area contributed by atoms with E-state index in [-0.39, 0.29) is 37.4 Å². The Hall–Kier alpha value is -3.35. The van der Waals surface area contributed by atoms with Gasteiger partial charge in [-0.1, -0.05) is 42.5 Å². The molecule has 2 amide bonds. The lowest BCUT2D eigenvalue weighted by Gasteiger charge is -2.29. The van der Waals surface area contributed by atoms with E-state index in [1.807, 2.05) is 12.1 Å². The number of amides is 2. The maximum absolute atomic E-state index is 12.6. The minimum absolute atomic E-state index is 0.0277. The lowest BCUT2D eigenvalue weighted by Crippen LogP contribution is -2.40. The van der Waals surface area contributed by atoms with E-state index >= 15 is 0 Å². The number of nitrogens with one attached hydrogen (secondary N) is 1. The fourth-order valence-electron chi connectivity index (χ4n) is 3.20. The number of hydrogen-bond acceptors (Lipinski definition) is 5. The molecule has 1 heterocycles. The second-order valence-electron chi connectivity index (χ2n) is 7.12. The van der Waals surface area contributed by atoms with Gasteiger partial charge in [-0.2, -0.15) is 0 Å². The summed E-state index contributed by atoms with van der Waals surface area (Å²) in [5.41, 5.74) is 1.24. The van der Waals surface area contributed by atoms with Crippen molar-refractivity contribution in [3.63, 3.8) is 0 Å². The molecule has 1 aliphatic carbocycles. The number of para-hydroxylation sites is 2. The first-order chi connectivity index (χ1) is 14.1. The number of benzene rings is 2. The first-order valence-electron chi connectivity index (χ1n) is 9.69. The van der Waals surface area contributed by atoms with E-state index in [1.54, 1.807) is 42.5 Å². The zero-order valence-corrected chi connectivity index (χ0v) is 15.9. The topological polar surface area (TPSA) is 84.9 Å². The molecule has 2 aromatic carbocycles. The zero-order chi connectivity index (χ0) is 20.2. The molecule has 0 spiro atoms. The van der Waals surface area contributed by atoms with E-state index in [1.165, 1.54) is 4.90 Å². The molecule has 1 N–H and O–H groups in total. The van der Waals surface area contributed by atoms with Crippen LogP contribution in [0.4, 0.5) is 5.69 Å². The summed E-state index contributed by atoms with van der Waals surface area (Å²) < 4.78 is 10.9. The van der Waals surface area contributed by atoms with Crippen LogP contribution in [0.25, 0.3) is 0 Å². The number of ether oxygens (including phenoxy) is 2. The first kappa shape index (κ1) is 19.0. The highest BCUT2D eigenvalue weighted by Gasteiger charge is 2.31. The largest absolute Gasteiger partial charge is 0.482 e. The standard InChI is InChI=1S/C22H22N2O5/c25-19-14-28-18-9-5-4-8-17(18)24(19)13-12-20(26)29-21(15-6-2-1-3-7-15)22(27)23-16-10-11-16/h1-9,16,21H,10-14H2,(H,23,27)/t21-/m1/s1. The van der Waals surface area contributed by atoms with Crippen molar-refractivity contribution in [3.8, 4) is 5.75 Å². The number of esters is 1. The van der Waals surface area contributed by atoms with Crippen LogP contribution in [0.1, 0.15) is 30.9 Å². The van der Waals surface area contributed by atoms with Gasteiger partial charge in [0.05, 0.1) is 12.1 Å². The molecule has 2 aliphatic rings. The van der Waals surface area contributed by atoms with E-state index in [9.17, 15) is 14.4 Å². The third-order valence-corrected chi connectivity index (χ3v) is 4.86. The zero-order valence-electron chi connectivity index (χ0n) is 15.9. The molecule has 0 unspecified atom stereocenters. The maximum atomic E-state index is 12.6. The molecule has 0 saturated heterocycles. The summed E-state index contributed by atoms with van der Waals surface area (Å²) in [7, 11) is 0. The van der Waals surface area contributed by atoms with Crippen molar-refractivity contribution in [2.45, 2.75) is 31.4 Å². The van der Waals surface area contributed by atoms with Crippen LogP contribution in [-0.2, 0) is 19.1 Å². The molecule has 7 nitrogen and oxygen atoms in total. The number of carbonyl (C=O) groups excluding carboxylic acids is 3. The monoisotopic (exact) mass is 394 g/mol. The average molecular weight is 394 g/mol. The smallest absolute Gasteiger partial charge is 0.308 e. The summed E-state index contributed by atoms with van der Waals surface area (Å²) >= 11 is 0. The molecule has 0 bridgehead atoms.